The van der Waals surface area contributed by atoms with Crippen LogP contribution < -0.4 is 9.64 Å². The lowest BCUT2D eigenvalue weighted by Gasteiger charge is -2.20. The van der Waals surface area contributed by atoms with Crippen molar-refractivity contribution in [1.82, 2.24) is 19.9 Å². The lowest BCUT2D eigenvalue weighted by molar-refractivity contribution is 0.407. The maximum atomic E-state index is 5.47. The predicted molar refractivity (Wildman–Crippen MR) is 86.3 cm³/mol. The number of hydrogen-bond donors (Lipinski definition) is 1. The van der Waals surface area contributed by atoms with E-state index < -0.39 is 0 Å². The number of methoxy groups -OCH3 is 1. The fourth-order valence-electron chi connectivity index (χ4n) is 2.69. The van der Waals surface area contributed by atoms with Crippen LogP contribution in [0.4, 0.5) is 5.82 Å². The molecule has 6 nitrogen and oxygen atoms in total. The van der Waals surface area contributed by atoms with E-state index in [1.54, 1.807) is 13.4 Å². The molecule has 0 bridgehead atoms. The van der Waals surface area contributed by atoms with Gasteiger partial charge in [0.25, 0.3) is 0 Å². The lowest BCUT2D eigenvalue weighted by atomic mass is 10.1. The first kappa shape index (κ1) is 14.3. The number of hydrogen-bond acceptors (Lipinski definition) is 5. The molecule has 0 amide bonds. The van der Waals surface area contributed by atoms with Crippen molar-refractivity contribution in [3.63, 3.8) is 0 Å². The van der Waals surface area contributed by atoms with Crippen molar-refractivity contribution < 1.29 is 4.74 Å². The van der Waals surface area contributed by atoms with Crippen molar-refractivity contribution >= 4 is 16.9 Å². The number of ether oxygens (including phenoxy) is 1. The molecule has 1 N–H and O–H groups in total. The van der Waals surface area contributed by atoms with Crippen molar-refractivity contribution in [3.05, 3.63) is 41.6 Å². The van der Waals surface area contributed by atoms with Gasteiger partial charge >= 0.3 is 0 Å². The number of anilines is 1. The molecule has 0 aliphatic heterocycles. The second-order valence-electron chi connectivity index (χ2n) is 5.34. The summed E-state index contributed by atoms with van der Waals surface area (Å²) in [7, 11) is 3.69. The van der Waals surface area contributed by atoms with E-state index in [1.807, 2.05) is 39.4 Å². The standard InChI is InChI=1S/C16H19N5O/c1-10-7-18-13(11(2)14(10)22-4)8-21(3)16-12-5-6-17-15(12)19-9-20-16/h5-7,9H,8H2,1-4H3,(H,17,19,20). The van der Waals surface area contributed by atoms with Gasteiger partial charge in [0.1, 0.15) is 23.5 Å². The molecule has 0 unspecified atom stereocenters. The maximum Gasteiger partial charge on any atom is 0.142 e. The Morgan fingerprint density at radius 2 is 2.05 bits per heavy atom. The quantitative estimate of drug-likeness (QED) is 0.802. The van der Waals surface area contributed by atoms with E-state index in [-0.39, 0.29) is 0 Å². The van der Waals surface area contributed by atoms with E-state index in [2.05, 4.69) is 24.8 Å². The average molecular weight is 297 g/mol. The van der Waals surface area contributed by atoms with Crippen molar-refractivity contribution in [2.24, 2.45) is 0 Å². The van der Waals surface area contributed by atoms with Gasteiger partial charge in [0.2, 0.25) is 0 Å². The molecule has 0 saturated heterocycles. The zero-order valence-electron chi connectivity index (χ0n) is 13.2. The highest BCUT2D eigenvalue weighted by Crippen LogP contribution is 2.27. The molecule has 3 rings (SSSR count). The van der Waals surface area contributed by atoms with Crippen LogP contribution in [0.25, 0.3) is 11.0 Å². The van der Waals surface area contributed by atoms with Crippen LogP contribution in [-0.4, -0.2) is 34.1 Å². The van der Waals surface area contributed by atoms with E-state index in [4.69, 9.17) is 4.74 Å². The third kappa shape index (κ3) is 2.36. The van der Waals surface area contributed by atoms with Crippen molar-refractivity contribution in [1.29, 1.82) is 0 Å². The molecule has 0 atom stereocenters. The summed E-state index contributed by atoms with van der Waals surface area (Å²) >= 11 is 0. The fourth-order valence-corrected chi connectivity index (χ4v) is 2.69. The van der Waals surface area contributed by atoms with Gasteiger partial charge in [-0.25, -0.2) is 9.97 Å². The van der Waals surface area contributed by atoms with Crippen LogP contribution in [0.15, 0.2) is 24.8 Å². The summed E-state index contributed by atoms with van der Waals surface area (Å²) in [5.41, 5.74) is 3.92. The van der Waals surface area contributed by atoms with Crippen LogP contribution >= 0.6 is 0 Å². The minimum Gasteiger partial charge on any atom is -0.496 e. The molecule has 0 aliphatic carbocycles. The molecular weight excluding hydrogens is 278 g/mol. The summed E-state index contributed by atoms with van der Waals surface area (Å²) in [5.74, 6) is 1.78. The number of nitrogens with one attached hydrogen (secondary N) is 1. The molecule has 0 radical (unpaired) electrons. The molecule has 0 fully saturated rings. The number of fused-ring (bicyclic) bond motifs is 1. The van der Waals surface area contributed by atoms with E-state index >= 15 is 0 Å². The molecule has 0 aliphatic rings. The highest BCUT2D eigenvalue weighted by Gasteiger charge is 2.14. The Balaban J connectivity index is 1.95. The first-order valence-electron chi connectivity index (χ1n) is 7.10. The molecule has 0 spiro atoms. The number of H-pyrrole nitrogens is 1. The van der Waals surface area contributed by atoms with E-state index in [0.29, 0.717) is 6.54 Å². The van der Waals surface area contributed by atoms with Gasteiger partial charge in [-0.05, 0) is 19.9 Å². The second-order valence-corrected chi connectivity index (χ2v) is 5.34. The SMILES string of the molecule is COc1c(C)cnc(CN(C)c2ncnc3[nH]ccc23)c1C. The number of pyridine rings is 1. The summed E-state index contributed by atoms with van der Waals surface area (Å²) in [6.07, 6.45) is 5.29. The first-order valence-corrected chi connectivity index (χ1v) is 7.10. The minimum atomic E-state index is 0.653. The van der Waals surface area contributed by atoms with Crippen molar-refractivity contribution in [2.75, 3.05) is 19.1 Å². The van der Waals surface area contributed by atoms with E-state index in [1.165, 1.54) is 0 Å². The van der Waals surface area contributed by atoms with Crippen LogP contribution in [0.1, 0.15) is 16.8 Å². The lowest BCUT2D eigenvalue weighted by Crippen LogP contribution is -2.20. The molecule has 3 aromatic rings. The monoisotopic (exact) mass is 297 g/mol. The number of rotatable bonds is 4. The predicted octanol–water partition coefficient (Wildman–Crippen LogP) is 2.61. The molecular formula is C16H19N5O. The second kappa shape index (κ2) is 5.63. The summed E-state index contributed by atoms with van der Waals surface area (Å²) < 4.78 is 5.47. The largest absolute Gasteiger partial charge is 0.496 e. The summed E-state index contributed by atoms with van der Waals surface area (Å²) in [6, 6.07) is 1.98. The molecule has 6 heteroatoms. The molecule has 0 saturated carbocycles. The van der Waals surface area contributed by atoms with Crippen LogP contribution in [0, 0.1) is 13.8 Å². The maximum absolute atomic E-state index is 5.47. The van der Waals surface area contributed by atoms with E-state index in [0.717, 1.165) is 39.4 Å². The summed E-state index contributed by atoms with van der Waals surface area (Å²) in [6.45, 7) is 4.69. The van der Waals surface area contributed by atoms with Gasteiger partial charge in [0, 0.05) is 30.6 Å². The Labute approximate surface area is 129 Å². The topological polar surface area (TPSA) is 66.9 Å². The zero-order chi connectivity index (χ0) is 15.7. The Bertz CT molecular complexity index is 811. The Kier molecular flexibility index (Phi) is 3.66. The van der Waals surface area contributed by atoms with Gasteiger partial charge in [-0.2, -0.15) is 0 Å². The number of aromatic nitrogens is 4. The van der Waals surface area contributed by atoms with Crippen molar-refractivity contribution in [2.45, 2.75) is 20.4 Å². The van der Waals surface area contributed by atoms with E-state index in [9.17, 15) is 0 Å². The van der Waals surface area contributed by atoms with Gasteiger partial charge in [-0.15, -0.1) is 0 Å². The normalized spacial score (nSPS) is 10.9. The van der Waals surface area contributed by atoms with Gasteiger partial charge in [-0.1, -0.05) is 0 Å². The highest BCUT2D eigenvalue weighted by molar-refractivity contribution is 5.87. The zero-order valence-corrected chi connectivity index (χ0v) is 13.2. The molecule has 114 valence electrons. The number of nitrogens with zero attached hydrogens (tertiary/aromatic N) is 4. The molecule has 3 heterocycles. The van der Waals surface area contributed by atoms with Crippen LogP contribution in [0.3, 0.4) is 0 Å². The van der Waals surface area contributed by atoms with Crippen LogP contribution in [0.2, 0.25) is 0 Å². The Morgan fingerprint density at radius 1 is 1.23 bits per heavy atom. The average Bonchev–Trinajstić information content (AvgIpc) is 2.99. The minimum absolute atomic E-state index is 0.653. The molecule has 22 heavy (non-hydrogen) atoms. The number of aryl methyl sites for hydroxylation is 1. The molecule has 0 aromatic carbocycles. The number of aromatic amines is 1. The Morgan fingerprint density at radius 3 is 2.82 bits per heavy atom. The highest BCUT2D eigenvalue weighted by atomic mass is 16.5. The third-order valence-electron chi connectivity index (χ3n) is 3.83. The van der Waals surface area contributed by atoms with Crippen LogP contribution in [0.5, 0.6) is 5.75 Å². The summed E-state index contributed by atoms with van der Waals surface area (Å²) in [4.78, 5) is 18.3. The first-order chi connectivity index (χ1) is 10.6. The van der Waals surface area contributed by atoms with Crippen LogP contribution in [-0.2, 0) is 6.54 Å². The van der Waals surface area contributed by atoms with Gasteiger partial charge in [-0.3, -0.25) is 4.98 Å². The fraction of sp³-hybridized carbons (Fsp3) is 0.312. The summed E-state index contributed by atoms with van der Waals surface area (Å²) in [5, 5.41) is 1.00. The molecule has 3 aromatic heterocycles. The smallest absolute Gasteiger partial charge is 0.142 e. The Hall–Kier alpha value is -2.63. The van der Waals surface area contributed by atoms with Gasteiger partial charge in [0.05, 0.1) is 24.7 Å². The third-order valence-corrected chi connectivity index (χ3v) is 3.83. The van der Waals surface area contributed by atoms with Gasteiger partial charge < -0.3 is 14.6 Å². The van der Waals surface area contributed by atoms with Gasteiger partial charge in [0.15, 0.2) is 0 Å². The van der Waals surface area contributed by atoms with Crippen molar-refractivity contribution in [3.8, 4) is 5.75 Å².